The van der Waals surface area contributed by atoms with Crippen LogP contribution in [0.4, 0.5) is 0 Å². The first-order chi connectivity index (χ1) is 11.2. The van der Waals surface area contributed by atoms with Gasteiger partial charge in [-0.15, -0.1) is 0 Å². The zero-order valence-electron chi connectivity index (χ0n) is 15.4. The zero-order valence-corrected chi connectivity index (χ0v) is 15.4. The van der Waals surface area contributed by atoms with Gasteiger partial charge in [0.2, 0.25) is 0 Å². The van der Waals surface area contributed by atoms with Gasteiger partial charge < -0.3 is 9.31 Å². The Bertz CT molecular complexity index is 698. The van der Waals surface area contributed by atoms with Crippen LogP contribution in [-0.4, -0.2) is 24.6 Å². The quantitative estimate of drug-likeness (QED) is 0.622. The van der Waals surface area contributed by atoms with Crippen LogP contribution in [0.2, 0.25) is 0 Å². The Hall–Kier alpha value is -1.13. The molecule has 0 radical (unpaired) electrons. The minimum Gasteiger partial charge on any atom is -0.405 e. The Morgan fingerprint density at radius 1 is 1.29 bits per heavy atom. The van der Waals surface area contributed by atoms with Crippen molar-refractivity contribution in [1.29, 1.82) is 0 Å². The van der Waals surface area contributed by atoms with Gasteiger partial charge in [-0.05, 0) is 62.0 Å². The summed E-state index contributed by atoms with van der Waals surface area (Å²) in [5.74, 6) is 1.47. The summed E-state index contributed by atoms with van der Waals surface area (Å²) < 4.78 is 12.8. The molecular weight excluding hydrogens is 299 g/mol. The molecule has 3 aliphatic carbocycles. The molecule has 1 saturated heterocycles. The van der Waals surface area contributed by atoms with E-state index in [1.54, 1.807) is 6.92 Å². The lowest BCUT2D eigenvalue weighted by molar-refractivity contribution is -0.199. The van der Waals surface area contributed by atoms with E-state index in [2.05, 4.69) is 26.8 Å². The SMILES string of the molecule is CC(=O)c1cccc(CB2OC3C[C@@H]4C[C@@H](C4(C)C)[C@]3(C)O2)c1C. The van der Waals surface area contributed by atoms with Crippen molar-refractivity contribution in [1.82, 2.24) is 0 Å². The Morgan fingerprint density at radius 2 is 2.04 bits per heavy atom. The molecule has 0 aromatic heterocycles. The first-order valence-corrected chi connectivity index (χ1v) is 9.16. The average Bonchev–Trinajstić information content (AvgIpc) is 2.84. The summed E-state index contributed by atoms with van der Waals surface area (Å²) in [6, 6.07) is 5.95. The molecule has 0 N–H and O–H groups in total. The van der Waals surface area contributed by atoms with Crippen LogP contribution >= 0.6 is 0 Å². The second-order valence-electron chi connectivity index (χ2n) is 8.75. The minimum atomic E-state index is -0.198. The van der Waals surface area contributed by atoms with Gasteiger partial charge in [-0.1, -0.05) is 32.0 Å². The normalized spacial score (nSPS) is 36.2. The number of hydrogen-bond acceptors (Lipinski definition) is 3. The van der Waals surface area contributed by atoms with Crippen LogP contribution in [0.1, 0.15) is 62.0 Å². The van der Waals surface area contributed by atoms with E-state index in [1.165, 1.54) is 6.42 Å². The van der Waals surface area contributed by atoms with Crippen molar-refractivity contribution >= 4 is 12.9 Å². The van der Waals surface area contributed by atoms with E-state index >= 15 is 0 Å². The maximum absolute atomic E-state index is 11.8. The first kappa shape index (κ1) is 16.3. The van der Waals surface area contributed by atoms with Crippen molar-refractivity contribution in [2.45, 2.75) is 65.5 Å². The fourth-order valence-electron chi connectivity index (χ4n) is 5.50. The predicted octanol–water partition coefficient (Wildman–Crippen LogP) is 4.01. The van der Waals surface area contributed by atoms with Crippen molar-refractivity contribution in [3.8, 4) is 0 Å². The molecule has 1 aliphatic heterocycles. The highest BCUT2D eigenvalue weighted by molar-refractivity contribution is 6.45. The highest BCUT2D eigenvalue weighted by Crippen LogP contribution is 2.65. The molecule has 128 valence electrons. The fraction of sp³-hybridized carbons (Fsp3) is 0.650. The minimum absolute atomic E-state index is 0.116. The van der Waals surface area contributed by atoms with E-state index in [4.69, 9.17) is 9.31 Å². The third-order valence-electron chi connectivity index (χ3n) is 7.21. The lowest BCUT2D eigenvalue weighted by atomic mass is 9.43. The van der Waals surface area contributed by atoms with E-state index in [-0.39, 0.29) is 24.6 Å². The maximum Gasteiger partial charge on any atom is 0.462 e. The van der Waals surface area contributed by atoms with Gasteiger partial charge in [0.05, 0.1) is 11.7 Å². The Labute approximate surface area is 145 Å². The third kappa shape index (κ3) is 2.15. The van der Waals surface area contributed by atoms with Crippen LogP contribution in [0, 0.1) is 24.2 Å². The molecule has 0 spiro atoms. The number of benzene rings is 1. The summed E-state index contributed by atoms with van der Waals surface area (Å²) in [5.41, 5.74) is 3.23. The largest absolute Gasteiger partial charge is 0.462 e. The van der Waals surface area contributed by atoms with Crippen LogP contribution in [0.15, 0.2) is 18.2 Å². The molecule has 4 heteroatoms. The second-order valence-corrected chi connectivity index (χ2v) is 8.75. The topological polar surface area (TPSA) is 35.5 Å². The molecule has 1 unspecified atom stereocenters. The van der Waals surface area contributed by atoms with E-state index < -0.39 is 0 Å². The van der Waals surface area contributed by atoms with Gasteiger partial charge in [-0.25, -0.2) is 0 Å². The van der Waals surface area contributed by atoms with Crippen LogP contribution in [-0.2, 0) is 15.6 Å². The second kappa shape index (κ2) is 5.19. The summed E-state index contributed by atoms with van der Waals surface area (Å²) in [6.45, 7) is 10.7. The van der Waals surface area contributed by atoms with Crippen molar-refractivity contribution in [3.63, 3.8) is 0 Å². The van der Waals surface area contributed by atoms with Crippen molar-refractivity contribution in [3.05, 3.63) is 34.9 Å². The zero-order chi connectivity index (χ0) is 17.3. The van der Waals surface area contributed by atoms with E-state index in [9.17, 15) is 4.79 Å². The van der Waals surface area contributed by atoms with E-state index in [0.717, 1.165) is 35.3 Å². The number of carbonyl (C=O) groups is 1. The molecule has 2 bridgehead atoms. The molecule has 1 heterocycles. The predicted molar refractivity (Wildman–Crippen MR) is 95.0 cm³/mol. The van der Waals surface area contributed by atoms with Gasteiger partial charge in [0, 0.05) is 11.9 Å². The van der Waals surface area contributed by atoms with Gasteiger partial charge >= 0.3 is 7.12 Å². The number of Topliss-reactive ketones (excluding diaryl/α,β-unsaturated/α-hetero) is 1. The Balaban J connectivity index is 1.55. The molecule has 0 amide bonds. The van der Waals surface area contributed by atoms with Crippen LogP contribution in [0.3, 0.4) is 0 Å². The lowest BCUT2D eigenvalue weighted by Crippen LogP contribution is -2.65. The first-order valence-electron chi connectivity index (χ1n) is 9.16. The third-order valence-corrected chi connectivity index (χ3v) is 7.21. The lowest BCUT2D eigenvalue weighted by Gasteiger charge is -2.64. The molecular formula is C20H27BO3. The molecule has 24 heavy (non-hydrogen) atoms. The Kier molecular flexibility index (Phi) is 3.53. The van der Waals surface area contributed by atoms with Gasteiger partial charge in [0.1, 0.15) is 0 Å². The van der Waals surface area contributed by atoms with Gasteiger partial charge in [-0.3, -0.25) is 4.79 Å². The van der Waals surface area contributed by atoms with E-state index in [1.807, 2.05) is 19.1 Å². The van der Waals surface area contributed by atoms with Gasteiger partial charge in [-0.2, -0.15) is 0 Å². The molecule has 1 aromatic carbocycles. The average molecular weight is 326 g/mol. The molecule has 5 rings (SSSR count). The van der Waals surface area contributed by atoms with Crippen molar-refractivity contribution < 1.29 is 14.1 Å². The van der Waals surface area contributed by atoms with Gasteiger partial charge in [0.15, 0.2) is 5.78 Å². The molecule has 3 nitrogen and oxygen atoms in total. The number of ketones is 1. The number of rotatable bonds is 3. The number of hydrogen-bond donors (Lipinski definition) is 0. The fourth-order valence-corrected chi connectivity index (χ4v) is 5.50. The van der Waals surface area contributed by atoms with Crippen molar-refractivity contribution in [2.24, 2.45) is 17.3 Å². The molecule has 4 atom stereocenters. The Morgan fingerprint density at radius 3 is 2.71 bits per heavy atom. The number of carbonyl (C=O) groups excluding carboxylic acids is 1. The maximum atomic E-state index is 11.8. The summed E-state index contributed by atoms with van der Waals surface area (Å²) in [5, 5.41) is 0. The standard InChI is InChI=1S/C20H27BO3/c1-12-14(7-6-8-16(12)13(2)22)11-21-23-18-10-15-9-17(19(15,3)4)20(18,5)24-21/h6-8,15,17-18H,9-11H2,1-5H3/t15-,17-,18?,20-/m0/s1. The molecule has 4 aliphatic rings. The van der Waals surface area contributed by atoms with Crippen molar-refractivity contribution in [2.75, 3.05) is 0 Å². The molecule has 3 saturated carbocycles. The van der Waals surface area contributed by atoms with Gasteiger partial charge in [0.25, 0.3) is 0 Å². The van der Waals surface area contributed by atoms with Crippen LogP contribution < -0.4 is 0 Å². The highest BCUT2D eigenvalue weighted by atomic mass is 16.7. The summed E-state index contributed by atoms with van der Waals surface area (Å²) >= 11 is 0. The monoisotopic (exact) mass is 326 g/mol. The van der Waals surface area contributed by atoms with E-state index in [0.29, 0.717) is 11.3 Å². The molecule has 4 fully saturated rings. The molecule has 1 aromatic rings. The smallest absolute Gasteiger partial charge is 0.405 e. The summed E-state index contributed by atoms with van der Waals surface area (Å²) in [7, 11) is -0.198. The summed E-state index contributed by atoms with van der Waals surface area (Å²) in [4.78, 5) is 11.8. The summed E-state index contributed by atoms with van der Waals surface area (Å²) in [6.07, 6.45) is 3.32. The highest BCUT2D eigenvalue weighted by Gasteiger charge is 2.67. The van der Waals surface area contributed by atoms with Crippen LogP contribution in [0.5, 0.6) is 0 Å². The van der Waals surface area contributed by atoms with Crippen LogP contribution in [0.25, 0.3) is 0 Å².